The van der Waals surface area contributed by atoms with E-state index in [0.717, 1.165) is 28.8 Å². The molecule has 0 unspecified atom stereocenters. The second-order valence-corrected chi connectivity index (χ2v) is 9.03. The Bertz CT molecular complexity index is 1320. The number of aromatic nitrogens is 1. The van der Waals surface area contributed by atoms with Crippen molar-refractivity contribution in [3.63, 3.8) is 0 Å². The first kappa shape index (κ1) is 24.5. The number of carbonyl (C=O) groups excluding carboxylic acids is 1. The third kappa shape index (κ3) is 6.72. The van der Waals surface area contributed by atoms with E-state index in [-0.39, 0.29) is 5.91 Å². The van der Waals surface area contributed by atoms with Crippen LogP contribution in [0.3, 0.4) is 0 Å². The van der Waals surface area contributed by atoms with Crippen molar-refractivity contribution in [1.82, 2.24) is 4.98 Å². The average molecular weight is 505 g/mol. The van der Waals surface area contributed by atoms with Gasteiger partial charge in [0, 0.05) is 22.0 Å². The highest BCUT2D eigenvalue weighted by Gasteiger charge is 2.08. The Morgan fingerprint density at radius 2 is 1.77 bits per heavy atom. The molecule has 0 spiro atoms. The molecule has 0 aliphatic carbocycles. The summed E-state index contributed by atoms with van der Waals surface area (Å²) in [6.07, 6.45) is 4.19. The van der Waals surface area contributed by atoms with Gasteiger partial charge in [-0.1, -0.05) is 61.0 Å². The number of anilines is 1. The van der Waals surface area contributed by atoms with E-state index >= 15 is 0 Å². The van der Waals surface area contributed by atoms with Gasteiger partial charge in [-0.15, -0.1) is 11.3 Å². The Morgan fingerprint density at radius 3 is 2.49 bits per heavy atom. The lowest BCUT2D eigenvalue weighted by molar-refractivity contribution is -0.111. The minimum Gasteiger partial charge on any atom is -0.493 e. The number of thiazole rings is 1. The molecule has 3 aromatic carbocycles. The predicted octanol–water partition coefficient (Wildman–Crippen LogP) is 7.27. The van der Waals surface area contributed by atoms with E-state index in [1.54, 1.807) is 13.2 Å². The first-order valence-electron chi connectivity index (χ1n) is 11.1. The number of aryl methyl sites for hydroxylation is 1. The molecule has 0 saturated carbocycles. The molecule has 0 saturated heterocycles. The zero-order valence-corrected chi connectivity index (χ0v) is 21.0. The van der Waals surface area contributed by atoms with E-state index in [9.17, 15) is 4.79 Å². The number of hydrogen-bond donors (Lipinski definition) is 1. The molecule has 35 heavy (non-hydrogen) atoms. The Kier molecular flexibility index (Phi) is 8.19. The van der Waals surface area contributed by atoms with Crippen LogP contribution in [0.5, 0.6) is 11.5 Å². The number of rotatable bonds is 9. The van der Waals surface area contributed by atoms with E-state index in [2.05, 4.69) is 41.5 Å². The van der Waals surface area contributed by atoms with Crippen molar-refractivity contribution < 1.29 is 14.3 Å². The molecule has 7 heteroatoms. The number of halogens is 1. The topological polar surface area (TPSA) is 60.5 Å². The van der Waals surface area contributed by atoms with Crippen molar-refractivity contribution in [2.45, 2.75) is 20.0 Å². The summed E-state index contributed by atoms with van der Waals surface area (Å²) in [4.78, 5) is 17.0. The van der Waals surface area contributed by atoms with Gasteiger partial charge in [-0.05, 0) is 53.5 Å². The third-order valence-corrected chi connectivity index (χ3v) is 6.32. The summed E-state index contributed by atoms with van der Waals surface area (Å²) < 4.78 is 11.4. The van der Waals surface area contributed by atoms with Crippen LogP contribution in [0.1, 0.15) is 23.6 Å². The molecule has 1 amide bonds. The lowest BCUT2D eigenvalue weighted by Crippen LogP contribution is -2.07. The number of hydrogen-bond acceptors (Lipinski definition) is 5. The van der Waals surface area contributed by atoms with Crippen LogP contribution >= 0.6 is 22.9 Å². The minimum atomic E-state index is -0.255. The van der Waals surface area contributed by atoms with Crippen LogP contribution in [0.2, 0.25) is 5.02 Å². The summed E-state index contributed by atoms with van der Waals surface area (Å²) in [6, 6.07) is 21.3. The molecule has 0 radical (unpaired) electrons. The lowest BCUT2D eigenvalue weighted by Gasteiger charge is -2.11. The SMILES string of the molecule is CCc1ccc(-c2csc(NC(=O)/C=C/c3ccc(OCc4ccc(Cl)cc4)c(OC)c3)n2)cc1. The van der Waals surface area contributed by atoms with Crippen LogP contribution in [-0.4, -0.2) is 18.0 Å². The van der Waals surface area contributed by atoms with E-state index in [4.69, 9.17) is 21.1 Å². The van der Waals surface area contributed by atoms with Gasteiger partial charge in [0.15, 0.2) is 16.6 Å². The predicted molar refractivity (Wildman–Crippen MR) is 143 cm³/mol. The molecule has 5 nitrogen and oxygen atoms in total. The Hall–Kier alpha value is -3.61. The molecule has 0 aliphatic rings. The Labute approximate surface area is 214 Å². The molecule has 1 N–H and O–H groups in total. The first-order chi connectivity index (χ1) is 17.0. The summed E-state index contributed by atoms with van der Waals surface area (Å²) >= 11 is 7.32. The van der Waals surface area contributed by atoms with Gasteiger partial charge in [-0.2, -0.15) is 0 Å². The molecule has 0 aliphatic heterocycles. The fourth-order valence-electron chi connectivity index (χ4n) is 3.34. The zero-order chi connectivity index (χ0) is 24.6. The van der Waals surface area contributed by atoms with E-state index in [1.165, 1.54) is 23.0 Å². The van der Waals surface area contributed by atoms with Crippen LogP contribution in [0.4, 0.5) is 5.13 Å². The molecule has 1 heterocycles. The summed E-state index contributed by atoms with van der Waals surface area (Å²) in [5, 5.41) is 6.00. The van der Waals surface area contributed by atoms with Gasteiger partial charge >= 0.3 is 0 Å². The Balaban J connectivity index is 1.36. The zero-order valence-electron chi connectivity index (χ0n) is 19.5. The lowest BCUT2D eigenvalue weighted by atomic mass is 10.1. The number of ether oxygens (including phenoxy) is 2. The van der Waals surface area contributed by atoms with Gasteiger partial charge in [0.05, 0.1) is 12.8 Å². The number of nitrogens with zero attached hydrogens (tertiary/aromatic N) is 1. The maximum atomic E-state index is 12.4. The maximum absolute atomic E-state index is 12.4. The largest absolute Gasteiger partial charge is 0.493 e. The second kappa shape index (κ2) is 11.7. The quantitative estimate of drug-likeness (QED) is 0.243. The maximum Gasteiger partial charge on any atom is 0.250 e. The Morgan fingerprint density at radius 1 is 1.03 bits per heavy atom. The fraction of sp³-hybridized carbons (Fsp3) is 0.143. The number of nitrogens with one attached hydrogen (secondary N) is 1. The summed E-state index contributed by atoms with van der Waals surface area (Å²) in [5.41, 5.74) is 4.96. The number of amides is 1. The summed E-state index contributed by atoms with van der Waals surface area (Å²) in [7, 11) is 1.58. The average Bonchev–Trinajstić information content (AvgIpc) is 3.35. The normalized spacial score (nSPS) is 10.9. The number of benzene rings is 3. The van der Waals surface area contributed by atoms with Crippen molar-refractivity contribution in [3.8, 4) is 22.8 Å². The molecule has 178 valence electrons. The summed E-state index contributed by atoms with van der Waals surface area (Å²) in [5.74, 6) is 0.945. The van der Waals surface area contributed by atoms with Crippen LogP contribution in [0.15, 0.2) is 78.2 Å². The van der Waals surface area contributed by atoms with Crippen molar-refractivity contribution >= 4 is 40.1 Å². The highest BCUT2D eigenvalue weighted by molar-refractivity contribution is 7.14. The number of methoxy groups -OCH3 is 1. The van der Waals surface area contributed by atoms with Gasteiger partial charge in [-0.3, -0.25) is 10.1 Å². The molecule has 1 aromatic heterocycles. The molecule has 4 rings (SSSR count). The van der Waals surface area contributed by atoms with Gasteiger partial charge < -0.3 is 9.47 Å². The van der Waals surface area contributed by atoms with Crippen LogP contribution < -0.4 is 14.8 Å². The minimum absolute atomic E-state index is 0.255. The number of carbonyl (C=O) groups is 1. The van der Waals surface area contributed by atoms with Gasteiger partial charge in [0.25, 0.3) is 0 Å². The van der Waals surface area contributed by atoms with Gasteiger partial charge in [0.1, 0.15) is 6.61 Å². The molecule has 0 fully saturated rings. The molecule has 0 bridgehead atoms. The van der Waals surface area contributed by atoms with Crippen molar-refractivity contribution in [2.75, 3.05) is 12.4 Å². The first-order valence-corrected chi connectivity index (χ1v) is 12.4. The highest BCUT2D eigenvalue weighted by atomic mass is 35.5. The monoisotopic (exact) mass is 504 g/mol. The fourth-order valence-corrected chi connectivity index (χ4v) is 4.19. The van der Waals surface area contributed by atoms with E-state index in [0.29, 0.717) is 28.3 Å². The second-order valence-electron chi connectivity index (χ2n) is 7.74. The standard InChI is InChI=1S/C28H25ClN2O3S/c1-3-19-4-10-22(11-5-19)24-18-35-28(30-24)31-27(32)15-9-20-8-14-25(26(16-20)33-2)34-17-21-6-12-23(29)13-7-21/h4-16,18H,3,17H2,1-2H3,(H,30,31,32)/b15-9+. The van der Waals surface area contributed by atoms with Crippen LogP contribution in [-0.2, 0) is 17.8 Å². The molecular weight excluding hydrogens is 480 g/mol. The van der Waals surface area contributed by atoms with Crippen molar-refractivity contribution in [2.24, 2.45) is 0 Å². The van der Waals surface area contributed by atoms with Gasteiger partial charge in [-0.25, -0.2) is 4.98 Å². The van der Waals surface area contributed by atoms with Crippen LogP contribution in [0.25, 0.3) is 17.3 Å². The summed E-state index contributed by atoms with van der Waals surface area (Å²) in [6.45, 7) is 2.52. The van der Waals surface area contributed by atoms with Crippen molar-refractivity contribution in [1.29, 1.82) is 0 Å². The van der Waals surface area contributed by atoms with E-state index in [1.807, 2.05) is 47.8 Å². The van der Waals surface area contributed by atoms with Gasteiger partial charge in [0.2, 0.25) is 5.91 Å². The molecular formula is C28H25ClN2O3S. The van der Waals surface area contributed by atoms with Crippen LogP contribution in [0, 0.1) is 0 Å². The highest BCUT2D eigenvalue weighted by Crippen LogP contribution is 2.30. The molecule has 0 atom stereocenters. The third-order valence-electron chi connectivity index (χ3n) is 5.31. The van der Waals surface area contributed by atoms with Crippen molar-refractivity contribution in [3.05, 3.63) is 99.9 Å². The van der Waals surface area contributed by atoms with E-state index < -0.39 is 0 Å². The smallest absolute Gasteiger partial charge is 0.250 e. The molecule has 4 aromatic rings.